The number of hydrogen-bond acceptors (Lipinski definition) is 5. The normalized spacial score (nSPS) is 18.6. The molecule has 7 heteroatoms. The molecule has 1 aliphatic carbocycles. The van der Waals surface area contributed by atoms with Crippen LogP contribution >= 0.6 is 0 Å². The highest BCUT2D eigenvalue weighted by Crippen LogP contribution is 2.19. The summed E-state index contributed by atoms with van der Waals surface area (Å²) in [4.78, 5) is 23.8. The maximum absolute atomic E-state index is 12.2. The van der Waals surface area contributed by atoms with Crippen LogP contribution in [0.2, 0.25) is 0 Å². The fraction of sp³-hybridized carbons (Fsp3) is 0.600. The minimum absolute atomic E-state index is 0.0377. The highest BCUT2D eigenvalue weighted by molar-refractivity contribution is 5.81. The second-order valence-electron chi connectivity index (χ2n) is 7.29. The van der Waals surface area contributed by atoms with Gasteiger partial charge in [0.2, 0.25) is 5.91 Å². The van der Waals surface area contributed by atoms with Crippen LogP contribution in [0.5, 0.6) is 5.75 Å². The van der Waals surface area contributed by atoms with Crippen LogP contribution in [-0.2, 0) is 20.7 Å². The molecule has 0 radical (unpaired) electrons. The fourth-order valence-corrected chi connectivity index (χ4v) is 3.14. The van der Waals surface area contributed by atoms with E-state index in [0.717, 1.165) is 31.2 Å². The molecule has 2 aliphatic rings. The largest absolute Gasteiger partial charge is 0.484 e. The van der Waals surface area contributed by atoms with E-state index < -0.39 is 6.04 Å². The van der Waals surface area contributed by atoms with Crippen molar-refractivity contribution >= 4 is 11.8 Å². The van der Waals surface area contributed by atoms with E-state index in [4.69, 9.17) is 15.2 Å². The van der Waals surface area contributed by atoms with Gasteiger partial charge in [-0.1, -0.05) is 12.1 Å². The lowest BCUT2D eigenvalue weighted by atomic mass is 9.92. The van der Waals surface area contributed by atoms with Crippen molar-refractivity contribution in [2.24, 2.45) is 11.7 Å². The van der Waals surface area contributed by atoms with Crippen molar-refractivity contribution in [2.75, 3.05) is 26.4 Å². The highest BCUT2D eigenvalue weighted by Gasteiger charge is 2.26. The molecule has 1 unspecified atom stereocenters. The van der Waals surface area contributed by atoms with Crippen molar-refractivity contribution in [3.63, 3.8) is 0 Å². The van der Waals surface area contributed by atoms with Gasteiger partial charge < -0.3 is 25.8 Å². The molecule has 7 nitrogen and oxygen atoms in total. The van der Waals surface area contributed by atoms with Gasteiger partial charge in [0.15, 0.2) is 6.61 Å². The molecule has 0 spiro atoms. The average Bonchev–Trinajstić information content (AvgIpc) is 3.51. The van der Waals surface area contributed by atoms with Crippen LogP contribution < -0.4 is 21.1 Å². The number of nitrogens with one attached hydrogen (secondary N) is 2. The third-order valence-electron chi connectivity index (χ3n) is 5.03. The fourth-order valence-electron chi connectivity index (χ4n) is 3.14. The number of benzene rings is 1. The molecule has 1 heterocycles. The zero-order valence-electron chi connectivity index (χ0n) is 15.6. The van der Waals surface area contributed by atoms with Crippen LogP contribution in [-0.4, -0.2) is 50.3 Å². The van der Waals surface area contributed by atoms with E-state index in [2.05, 4.69) is 10.6 Å². The van der Waals surface area contributed by atoms with Gasteiger partial charge in [-0.15, -0.1) is 0 Å². The van der Waals surface area contributed by atoms with Gasteiger partial charge in [-0.3, -0.25) is 9.59 Å². The molecule has 1 atom stereocenters. The zero-order valence-corrected chi connectivity index (χ0v) is 15.6. The maximum Gasteiger partial charge on any atom is 0.258 e. The van der Waals surface area contributed by atoms with Gasteiger partial charge in [-0.25, -0.2) is 0 Å². The minimum atomic E-state index is -0.466. The number of ether oxygens (including phenoxy) is 2. The average molecular weight is 375 g/mol. The molecule has 1 saturated heterocycles. The number of carbonyl (C=O) groups excluding carboxylic acids is 2. The first-order valence-corrected chi connectivity index (χ1v) is 9.74. The van der Waals surface area contributed by atoms with E-state index in [1.54, 1.807) is 0 Å². The molecule has 2 fully saturated rings. The summed E-state index contributed by atoms with van der Waals surface area (Å²) in [6.45, 7) is 1.94. The maximum atomic E-state index is 12.2. The third kappa shape index (κ3) is 6.52. The summed E-state index contributed by atoms with van der Waals surface area (Å²) >= 11 is 0. The van der Waals surface area contributed by atoms with Crippen molar-refractivity contribution in [2.45, 2.75) is 44.2 Å². The van der Waals surface area contributed by atoms with Crippen LogP contribution in [0, 0.1) is 5.92 Å². The van der Waals surface area contributed by atoms with E-state index in [0.29, 0.717) is 38.0 Å². The second kappa shape index (κ2) is 9.71. The summed E-state index contributed by atoms with van der Waals surface area (Å²) in [7, 11) is 0. The first-order chi connectivity index (χ1) is 13.1. The molecule has 1 aromatic rings. The third-order valence-corrected chi connectivity index (χ3v) is 5.03. The number of nitrogens with two attached hydrogens (primary N) is 1. The summed E-state index contributed by atoms with van der Waals surface area (Å²) in [5.41, 5.74) is 7.15. The molecular formula is C20H29N3O4. The molecule has 2 amide bonds. The second-order valence-corrected chi connectivity index (χ2v) is 7.29. The quantitative estimate of drug-likeness (QED) is 0.591. The van der Waals surface area contributed by atoms with Crippen molar-refractivity contribution < 1.29 is 19.1 Å². The Morgan fingerprint density at radius 2 is 1.85 bits per heavy atom. The first kappa shape index (κ1) is 19.6. The van der Waals surface area contributed by atoms with Crippen molar-refractivity contribution in [1.29, 1.82) is 0 Å². The van der Waals surface area contributed by atoms with Gasteiger partial charge in [0.1, 0.15) is 5.75 Å². The molecular weight excluding hydrogens is 346 g/mol. The van der Waals surface area contributed by atoms with Gasteiger partial charge in [0.25, 0.3) is 5.91 Å². The minimum Gasteiger partial charge on any atom is -0.484 e. The SMILES string of the molecule is NC(C(=O)NCCc1ccc(OCC(=O)NC2CC2)cc1)C1CCOCC1. The molecule has 0 aromatic heterocycles. The Labute approximate surface area is 160 Å². The van der Waals surface area contributed by atoms with E-state index in [1.807, 2.05) is 24.3 Å². The first-order valence-electron chi connectivity index (χ1n) is 9.74. The number of rotatable bonds is 9. The lowest BCUT2D eigenvalue weighted by molar-refractivity contribution is -0.124. The van der Waals surface area contributed by atoms with E-state index >= 15 is 0 Å². The Bertz CT molecular complexity index is 625. The molecule has 1 saturated carbocycles. The summed E-state index contributed by atoms with van der Waals surface area (Å²) in [5, 5.41) is 5.80. The van der Waals surface area contributed by atoms with Crippen molar-refractivity contribution in [3.8, 4) is 5.75 Å². The van der Waals surface area contributed by atoms with Gasteiger partial charge in [0, 0.05) is 25.8 Å². The zero-order chi connectivity index (χ0) is 19.1. The highest BCUT2D eigenvalue weighted by atomic mass is 16.5. The van der Waals surface area contributed by atoms with Crippen LogP contribution in [0.25, 0.3) is 0 Å². The Morgan fingerprint density at radius 3 is 2.52 bits per heavy atom. The van der Waals surface area contributed by atoms with E-state index in [-0.39, 0.29) is 24.3 Å². The van der Waals surface area contributed by atoms with Gasteiger partial charge in [-0.2, -0.15) is 0 Å². The van der Waals surface area contributed by atoms with Crippen molar-refractivity contribution in [3.05, 3.63) is 29.8 Å². The Balaban J connectivity index is 1.34. The molecule has 4 N–H and O–H groups in total. The predicted molar refractivity (Wildman–Crippen MR) is 101 cm³/mol. The molecule has 0 bridgehead atoms. The molecule has 27 heavy (non-hydrogen) atoms. The van der Waals surface area contributed by atoms with Gasteiger partial charge >= 0.3 is 0 Å². The summed E-state index contributed by atoms with van der Waals surface area (Å²) in [5.74, 6) is 0.691. The smallest absolute Gasteiger partial charge is 0.258 e. The van der Waals surface area contributed by atoms with Gasteiger partial charge in [-0.05, 0) is 55.7 Å². The summed E-state index contributed by atoms with van der Waals surface area (Å²) in [6.07, 6.45) is 4.53. The van der Waals surface area contributed by atoms with E-state index in [1.165, 1.54) is 0 Å². The van der Waals surface area contributed by atoms with Crippen LogP contribution in [0.4, 0.5) is 0 Å². The summed E-state index contributed by atoms with van der Waals surface area (Å²) in [6, 6.07) is 7.45. The molecule has 148 valence electrons. The number of carbonyl (C=O) groups is 2. The summed E-state index contributed by atoms with van der Waals surface area (Å²) < 4.78 is 10.8. The standard InChI is InChI=1S/C20H29N3O4/c21-19(15-8-11-26-12-9-15)20(25)22-10-7-14-1-5-17(6-2-14)27-13-18(24)23-16-3-4-16/h1-2,5-6,15-16,19H,3-4,7-13,21H2,(H,22,25)(H,23,24). The van der Waals surface area contributed by atoms with Gasteiger partial charge in [0.05, 0.1) is 6.04 Å². The molecule has 1 aliphatic heterocycles. The number of amides is 2. The Kier molecular flexibility index (Phi) is 7.06. The monoisotopic (exact) mass is 375 g/mol. The van der Waals surface area contributed by atoms with Crippen LogP contribution in [0.1, 0.15) is 31.2 Å². The Hall–Kier alpha value is -2.12. The molecule has 1 aromatic carbocycles. The number of hydrogen-bond donors (Lipinski definition) is 3. The lowest BCUT2D eigenvalue weighted by Gasteiger charge is -2.26. The predicted octanol–water partition coefficient (Wildman–Crippen LogP) is 0.757. The van der Waals surface area contributed by atoms with Crippen LogP contribution in [0.15, 0.2) is 24.3 Å². The van der Waals surface area contributed by atoms with E-state index in [9.17, 15) is 9.59 Å². The lowest BCUT2D eigenvalue weighted by Crippen LogP contribution is -2.47. The van der Waals surface area contributed by atoms with Crippen LogP contribution in [0.3, 0.4) is 0 Å². The Morgan fingerprint density at radius 1 is 1.15 bits per heavy atom. The topological polar surface area (TPSA) is 103 Å². The van der Waals surface area contributed by atoms with Crippen molar-refractivity contribution in [1.82, 2.24) is 10.6 Å². The molecule has 3 rings (SSSR count).